The number of nitrogens with zero attached hydrogens (tertiary/aromatic N) is 3. The first-order valence-corrected chi connectivity index (χ1v) is 10.0. The lowest BCUT2D eigenvalue weighted by Crippen LogP contribution is -2.21. The Kier molecular flexibility index (Phi) is 4.38. The zero-order chi connectivity index (χ0) is 18.9. The summed E-state index contributed by atoms with van der Waals surface area (Å²) in [5.41, 5.74) is 3.88. The number of imidazole rings is 1. The molecule has 1 atom stereocenters. The van der Waals surface area contributed by atoms with E-state index in [1.54, 1.807) is 23.9 Å². The minimum atomic E-state index is -0.159. The molecule has 28 heavy (non-hydrogen) atoms. The molecule has 1 amide bonds. The van der Waals surface area contributed by atoms with Gasteiger partial charge in [0.1, 0.15) is 18.2 Å². The Bertz CT molecular complexity index is 1130. The van der Waals surface area contributed by atoms with Crippen LogP contribution >= 0.6 is 11.3 Å². The van der Waals surface area contributed by atoms with Crippen molar-refractivity contribution in [3.63, 3.8) is 0 Å². The second kappa shape index (κ2) is 7.18. The number of hydrogen-bond acceptors (Lipinski definition) is 5. The lowest BCUT2D eigenvalue weighted by atomic mass is 10.1. The number of rotatable bonds is 4. The quantitative estimate of drug-likeness (QED) is 0.569. The van der Waals surface area contributed by atoms with Crippen molar-refractivity contribution in [2.75, 3.05) is 11.9 Å². The van der Waals surface area contributed by atoms with Crippen LogP contribution in [0.2, 0.25) is 0 Å². The van der Waals surface area contributed by atoms with Gasteiger partial charge in [0.2, 0.25) is 5.91 Å². The summed E-state index contributed by atoms with van der Waals surface area (Å²) in [5, 5.41) is 4.98. The van der Waals surface area contributed by atoms with Crippen molar-refractivity contribution >= 4 is 34.0 Å². The fraction of sp³-hybridized carbons (Fsp3) is 0.190. The van der Waals surface area contributed by atoms with E-state index >= 15 is 0 Å². The zero-order valence-electron chi connectivity index (χ0n) is 15.0. The van der Waals surface area contributed by atoms with Crippen molar-refractivity contribution in [2.45, 2.75) is 18.9 Å². The van der Waals surface area contributed by atoms with Crippen LogP contribution in [0.25, 0.3) is 16.9 Å². The summed E-state index contributed by atoms with van der Waals surface area (Å²) in [6.45, 7) is 0.663. The average Bonchev–Trinajstić information content (AvgIpc) is 3.36. The van der Waals surface area contributed by atoms with Crippen LogP contribution < -0.4 is 5.32 Å². The maximum atomic E-state index is 12.5. The first-order chi connectivity index (χ1) is 13.8. The molecule has 1 aliphatic rings. The van der Waals surface area contributed by atoms with Gasteiger partial charge in [0, 0.05) is 4.88 Å². The van der Waals surface area contributed by atoms with Crippen LogP contribution in [0.4, 0.5) is 5.69 Å². The van der Waals surface area contributed by atoms with E-state index in [0.717, 1.165) is 23.3 Å². The SMILES string of the molecule is O=C(C[C@H]1OCCc2ccsc21)Nc1ccc(-n2cnc3ccccc32)nc1. The Morgan fingerprint density at radius 1 is 1.21 bits per heavy atom. The van der Waals surface area contributed by atoms with Gasteiger partial charge in [-0.3, -0.25) is 9.36 Å². The molecule has 0 fully saturated rings. The third-order valence-corrected chi connectivity index (χ3v) is 5.92. The standard InChI is InChI=1S/C21H18N4O2S/c26-20(11-18-21-14(7-9-27-18)8-10-28-21)24-15-5-6-19(22-12-15)25-13-23-16-3-1-2-4-17(16)25/h1-6,8,10,12-13,18H,7,9,11H2,(H,24,26)/t18-/m1/s1. The number of carbonyl (C=O) groups is 1. The second-order valence-electron chi connectivity index (χ2n) is 6.68. The molecule has 4 heterocycles. The minimum Gasteiger partial charge on any atom is -0.372 e. The van der Waals surface area contributed by atoms with Gasteiger partial charge in [0.05, 0.1) is 35.9 Å². The number of nitrogens with one attached hydrogen (secondary N) is 1. The van der Waals surface area contributed by atoms with Crippen LogP contribution in [0.3, 0.4) is 0 Å². The Hall–Kier alpha value is -3.03. The molecule has 0 unspecified atom stereocenters. The van der Waals surface area contributed by atoms with E-state index in [1.165, 1.54) is 10.4 Å². The highest BCUT2D eigenvalue weighted by Gasteiger charge is 2.24. The Morgan fingerprint density at radius 2 is 2.14 bits per heavy atom. The lowest BCUT2D eigenvalue weighted by molar-refractivity contribution is -0.119. The van der Waals surface area contributed by atoms with Gasteiger partial charge in [0.15, 0.2) is 0 Å². The molecule has 6 nitrogen and oxygen atoms in total. The van der Waals surface area contributed by atoms with Crippen LogP contribution in [-0.4, -0.2) is 27.0 Å². The highest BCUT2D eigenvalue weighted by atomic mass is 32.1. The van der Waals surface area contributed by atoms with Crippen LogP contribution in [-0.2, 0) is 16.0 Å². The number of hydrogen-bond donors (Lipinski definition) is 1. The number of thiophene rings is 1. The zero-order valence-corrected chi connectivity index (χ0v) is 15.9. The molecule has 1 N–H and O–H groups in total. The summed E-state index contributed by atoms with van der Waals surface area (Å²) in [5.74, 6) is 0.680. The van der Waals surface area contributed by atoms with Crippen molar-refractivity contribution < 1.29 is 9.53 Å². The highest BCUT2D eigenvalue weighted by molar-refractivity contribution is 7.10. The molecule has 0 bridgehead atoms. The van der Waals surface area contributed by atoms with E-state index in [0.29, 0.717) is 18.7 Å². The van der Waals surface area contributed by atoms with Crippen molar-refractivity contribution in [3.05, 3.63) is 70.8 Å². The van der Waals surface area contributed by atoms with Crippen LogP contribution in [0.5, 0.6) is 0 Å². The maximum absolute atomic E-state index is 12.5. The number of pyridine rings is 1. The molecule has 0 aliphatic carbocycles. The lowest BCUT2D eigenvalue weighted by Gasteiger charge is -2.22. The smallest absolute Gasteiger partial charge is 0.227 e. The van der Waals surface area contributed by atoms with E-state index in [4.69, 9.17) is 4.74 Å². The molecule has 5 rings (SSSR count). The second-order valence-corrected chi connectivity index (χ2v) is 7.63. The minimum absolute atomic E-state index is 0.0751. The fourth-order valence-electron chi connectivity index (χ4n) is 3.50. The monoisotopic (exact) mass is 390 g/mol. The molecule has 1 aromatic carbocycles. The number of aromatic nitrogens is 3. The van der Waals surface area contributed by atoms with Crippen molar-refractivity contribution in [1.29, 1.82) is 0 Å². The van der Waals surface area contributed by atoms with Gasteiger partial charge in [-0.05, 0) is 47.7 Å². The Morgan fingerprint density at radius 3 is 3.04 bits per heavy atom. The number of benzene rings is 1. The maximum Gasteiger partial charge on any atom is 0.227 e. The molecule has 0 spiro atoms. The van der Waals surface area contributed by atoms with Gasteiger partial charge in [-0.25, -0.2) is 9.97 Å². The largest absolute Gasteiger partial charge is 0.372 e. The molecule has 4 aromatic rings. The number of para-hydroxylation sites is 2. The molecule has 3 aromatic heterocycles. The first kappa shape index (κ1) is 17.1. The summed E-state index contributed by atoms with van der Waals surface area (Å²) in [6.07, 6.45) is 4.49. The predicted octanol–water partition coefficient (Wildman–Crippen LogP) is 4.12. The van der Waals surface area contributed by atoms with Gasteiger partial charge in [-0.2, -0.15) is 0 Å². The van der Waals surface area contributed by atoms with E-state index in [1.807, 2.05) is 41.0 Å². The predicted molar refractivity (Wildman–Crippen MR) is 109 cm³/mol. The molecule has 7 heteroatoms. The first-order valence-electron chi connectivity index (χ1n) is 9.14. The van der Waals surface area contributed by atoms with E-state index < -0.39 is 0 Å². The van der Waals surface area contributed by atoms with E-state index in [9.17, 15) is 4.79 Å². The number of fused-ring (bicyclic) bond motifs is 2. The number of carbonyl (C=O) groups excluding carboxylic acids is 1. The van der Waals surface area contributed by atoms with Gasteiger partial charge in [0.25, 0.3) is 0 Å². The van der Waals surface area contributed by atoms with Gasteiger partial charge in [-0.1, -0.05) is 12.1 Å². The average molecular weight is 390 g/mol. The fourth-order valence-corrected chi connectivity index (χ4v) is 4.50. The van der Waals surface area contributed by atoms with Gasteiger partial charge >= 0.3 is 0 Å². The molecule has 0 saturated heterocycles. The molecular formula is C21H18N4O2S. The molecular weight excluding hydrogens is 372 g/mol. The number of ether oxygens (including phenoxy) is 1. The van der Waals surface area contributed by atoms with Crippen LogP contribution in [0.15, 0.2) is 60.4 Å². The van der Waals surface area contributed by atoms with E-state index in [-0.39, 0.29) is 12.0 Å². The molecule has 0 saturated carbocycles. The Balaban J connectivity index is 1.29. The third kappa shape index (κ3) is 3.19. The molecule has 1 aliphatic heterocycles. The topological polar surface area (TPSA) is 69.0 Å². The normalized spacial score (nSPS) is 16.1. The van der Waals surface area contributed by atoms with Gasteiger partial charge in [-0.15, -0.1) is 11.3 Å². The molecule has 140 valence electrons. The van der Waals surface area contributed by atoms with Crippen LogP contribution in [0, 0.1) is 0 Å². The summed E-state index contributed by atoms with van der Waals surface area (Å²) >= 11 is 1.66. The summed E-state index contributed by atoms with van der Waals surface area (Å²) in [6, 6.07) is 13.7. The van der Waals surface area contributed by atoms with Crippen molar-refractivity contribution in [3.8, 4) is 5.82 Å². The molecule has 0 radical (unpaired) electrons. The third-order valence-electron chi connectivity index (χ3n) is 4.87. The summed E-state index contributed by atoms with van der Waals surface area (Å²) < 4.78 is 7.73. The highest BCUT2D eigenvalue weighted by Crippen LogP contribution is 2.34. The number of anilines is 1. The Labute approximate surface area is 165 Å². The van der Waals surface area contributed by atoms with E-state index in [2.05, 4.69) is 26.7 Å². The van der Waals surface area contributed by atoms with Crippen molar-refractivity contribution in [1.82, 2.24) is 14.5 Å². The van der Waals surface area contributed by atoms with Crippen molar-refractivity contribution in [2.24, 2.45) is 0 Å². The number of amides is 1. The van der Waals surface area contributed by atoms with Crippen LogP contribution in [0.1, 0.15) is 23.0 Å². The summed E-state index contributed by atoms with van der Waals surface area (Å²) in [4.78, 5) is 22.5. The van der Waals surface area contributed by atoms with Gasteiger partial charge < -0.3 is 10.1 Å². The summed E-state index contributed by atoms with van der Waals surface area (Å²) in [7, 11) is 0.